The molecule has 0 unspecified atom stereocenters. The van der Waals surface area contributed by atoms with Crippen molar-refractivity contribution in [2.45, 2.75) is 0 Å². The molecule has 0 saturated carbocycles. The number of rotatable bonds is 1. The summed E-state index contributed by atoms with van der Waals surface area (Å²) < 4.78 is 12.8. The van der Waals surface area contributed by atoms with Gasteiger partial charge < -0.3 is 10.4 Å². The number of phenolic OH excluding ortho intramolecular Hbond substituents is 1. The summed E-state index contributed by atoms with van der Waals surface area (Å²) in [6.07, 6.45) is 0. The summed E-state index contributed by atoms with van der Waals surface area (Å²) in [5, 5.41) is 12.2. The van der Waals surface area contributed by atoms with Gasteiger partial charge in [0.15, 0.2) is 0 Å². The van der Waals surface area contributed by atoms with Crippen LogP contribution in [0.4, 0.5) is 4.39 Å². The van der Waals surface area contributed by atoms with Gasteiger partial charge in [-0.2, -0.15) is 0 Å². The summed E-state index contributed by atoms with van der Waals surface area (Å²) in [6.45, 7) is 0.466. The quantitative estimate of drug-likeness (QED) is 0.697. The van der Waals surface area contributed by atoms with E-state index in [1.807, 2.05) is 0 Å². The lowest BCUT2D eigenvalue weighted by Gasteiger charge is -1.99. The van der Waals surface area contributed by atoms with Gasteiger partial charge in [-0.15, -0.1) is 0 Å². The van der Waals surface area contributed by atoms with Crippen molar-refractivity contribution >= 4 is 11.6 Å². The van der Waals surface area contributed by atoms with E-state index in [1.54, 1.807) is 7.05 Å². The third-order valence-electron chi connectivity index (χ3n) is 1.52. The molecule has 0 aromatic heterocycles. The fourth-order valence-corrected chi connectivity index (χ4v) is 1.10. The molecule has 0 aliphatic carbocycles. The largest absolute Gasteiger partial charge is 0.505 e. The Hall–Kier alpha value is -1.24. The molecule has 0 radical (unpaired) electrons. The van der Waals surface area contributed by atoms with Crippen LogP contribution in [0.5, 0.6) is 5.75 Å². The Morgan fingerprint density at radius 1 is 1.57 bits per heavy atom. The van der Waals surface area contributed by atoms with Crippen LogP contribution in [0.15, 0.2) is 12.1 Å². The zero-order valence-electron chi connectivity index (χ0n) is 7.56. The number of phenols is 1. The molecule has 2 nitrogen and oxygen atoms in total. The molecule has 0 spiro atoms. The summed E-state index contributed by atoms with van der Waals surface area (Å²) in [7, 11) is 1.74. The van der Waals surface area contributed by atoms with E-state index in [4.69, 9.17) is 11.6 Å². The maximum absolute atomic E-state index is 12.8. The first-order valence-corrected chi connectivity index (χ1v) is 4.34. The number of hydrogen-bond acceptors (Lipinski definition) is 2. The van der Waals surface area contributed by atoms with Gasteiger partial charge in [0.25, 0.3) is 0 Å². The summed E-state index contributed by atoms with van der Waals surface area (Å²) in [5.74, 6) is 4.61. The summed E-state index contributed by atoms with van der Waals surface area (Å²) in [4.78, 5) is 0. The summed E-state index contributed by atoms with van der Waals surface area (Å²) >= 11 is 5.56. The highest BCUT2D eigenvalue weighted by Crippen LogP contribution is 2.27. The van der Waals surface area contributed by atoms with E-state index in [0.29, 0.717) is 6.54 Å². The highest BCUT2D eigenvalue weighted by molar-refractivity contribution is 6.32. The lowest BCUT2D eigenvalue weighted by atomic mass is 10.2. The highest BCUT2D eigenvalue weighted by atomic mass is 35.5. The average molecular weight is 214 g/mol. The minimum atomic E-state index is -0.512. The van der Waals surface area contributed by atoms with Gasteiger partial charge in [0.05, 0.1) is 17.1 Å². The monoisotopic (exact) mass is 213 g/mol. The second-order valence-electron chi connectivity index (χ2n) is 2.62. The van der Waals surface area contributed by atoms with Crippen LogP contribution < -0.4 is 5.32 Å². The number of nitrogens with one attached hydrogen (secondary N) is 1. The maximum atomic E-state index is 12.8. The van der Waals surface area contributed by atoms with Crippen LogP contribution in [0.25, 0.3) is 0 Å². The standard InChI is InChI=1S/C10H9ClFNO/c1-13-4-2-3-7-5-8(12)6-9(11)10(7)14/h5-6,13-14H,4H2,1H3. The van der Waals surface area contributed by atoms with Crippen LogP contribution in [-0.4, -0.2) is 18.7 Å². The Balaban J connectivity index is 3.04. The van der Waals surface area contributed by atoms with E-state index in [2.05, 4.69) is 17.2 Å². The van der Waals surface area contributed by atoms with Crippen LogP contribution in [0.1, 0.15) is 5.56 Å². The van der Waals surface area contributed by atoms with Crippen LogP contribution in [0, 0.1) is 17.7 Å². The van der Waals surface area contributed by atoms with Gasteiger partial charge in [0.1, 0.15) is 11.6 Å². The van der Waals surface area contributed by atoms with E-state index in [0.717, 1.165) is 12.1 Å². The topological polar surface area (TPSA) is 32.3 Å². The molecule has 0 bridgehead atoms. The third kappa shape index (κ3) is 2.63. The molecule has 0 amide bonds. The molecule has 0 atom stereocenters. The van der Waals surface area contributed by atoms with Gasteiger partial charge in [-0.1, -0.05) is 23.4 Å². The fourth-order valence-electron chi connectivity index (χ4n) is 0.889. The second-order valence-corrected chi connectivity index (χ2v) is 3.02. The third-order valence-corrected chi connectivity index (χ3v) is 1.80. The Morgan fingerprint density at radius 2 is 2.29 bits per heavy atom. The van der Waals surface area contributed by atoms with Crippen molar-refractivity contribution in [2.24, 2.45) is 0 Å². The minimum Gasteiger partial charge on any atom is -0.505 e. The van der Waals surface area contributed by atoms with Crippen molar-refractivity contribution in [2.75, 3.05) is 13.6 Å². The van der Waals surface area contributed by atoms with Gasteiger partial charge >= 0.3 is 0 Å². The van der Waals surface area contributed by atoms with E-state index in [1.165, 1.54) is 0 Å². The van der Waals surface area contributed by atoms with E-state index >= 15 is 0 Å². The van der Waals surface area contributed by atoms with Crippen LogP contribution in [0.3, 0.4) is 0 Å². The first-order chi connectivity index (χ1) is 6.65. The van der Waals surface area contributed by atoms with E-state index in [-0.39, 0.29) is 16.3 Å². The predicted octanol–water partition coefficient (Wildman–Crippen LogP) is 1.76. The normalized spacial score (nSPS) is 9.36. The van der Waals surface area contributed by atoms with Crippen molar-refractivity contribution in [1.29, 1.82) is 0 Å². The number of benzene rings is 1. The van der Waals surface area contributed by atoms with Crippen molar-refractivity contribution in [3.63, 3.8) is 0 Å². The molecule has 1 rings (SSSR count). The molecule has 0 heterocycles. The smallest absolute Gasteiger partial charge is 0.149 e. The summed E-state index contributed by atoms with van der Waals surface area (Å²) in [6, 6.07) is 2.18. The molecular formula is C10H9ClFNO. The predicted molar refractivity (Wildman–Crippen MR) is 53.9 cm³/mol. The molecule has 1 aromatic carbocycles. The van der Waals surface area contributed by atoms with E-state index in [9.17, 15) is 9.50 Å². The van der Waals surface area contributed by atoms with Crippen LogP contribution >= 0.6 is 11.6 Å². The van der Waals surface area contributed by atoms with Gasteiger partial charge in [-0.25, -0.2) is 4.39 Å². The van der Waals surface area contributed by atoms with Gasteiger partial charge in [-0.05, 0) is 19.2 Å². The van der Waals surface area contributed by atoms with Crippen molar-refractivity contribution in [1.82, 2.24) is 5.32 Å². The van der Waals surface area contributed by atoms with Crippen molar-refractivity contribution < 1.29 is 9.50 Å². The Bertz CT molecular complexity index is 395. The van der Waals surface area contributed by atoms with Crippen molar-refractivity contribution in [3.8, 4) is 17.6 Å². The molecule has 0 aliphatic heterocycles. The molecular weight excluding hydrogens is 205 g/mol. The Kier molecular flexibility index (Phi) is 3.75. The molecule has 1 aromatic rings. The molecule has 0 fully saturated rings. The number of hydrogen-bond donors (Lipinski definition) is 2. The van der Waals surface area contributed by atoms with Gasteiger partial charge in [0, 0.05) is 0 Å². The van der Waals surface area contributed by atoms with Crippen LogP contribution in [0.2, 0.25) is 5.02 Å². The van der Waals surface area contributed by atoms with Gasteiger partial charge in [0.2, 0.25) is 0 Å². The maximum Gasteiger partial charge on any atom is 0.149 e. The van der Waals surface area contributed by atoms with E-state index < -0.39 is 5.82 Å². The molecule has 14 heavy (non-hydrogen) atoms. The highest BCUT2D eigenvalue weighted by Gasteiger charge is 2.05. The first-order valence-electron chi connectivity index (χ1n) is 3.96. The number of halogens is 2. The average Bonchev–Trinajstić information content (AvgIpc) is 2.13. The molecule has 0 saturated heterocycles. The molecule has 4 heteroatoms. The van der Waals surface area contributed by atoms with Crippen molar-refractivity contribution in [3.05, 3.63) is 28.5 Å². The zero-order chi connectivity index (χ0) is 10.6. The Labute approximate surface area is 86.7 Å². The Morgan fingerprint density at radius 3 is 2.93 bits per heavy atom. The molecule has 2 N–H and O–H groups in total. The van der Waals surface area contributed by atoms with Crippen LogP contribution in [-0.2, 0) is 0 Å². The SMILES string of the molecule is CNCC#Cc1cc(F)cc(Cl)c1O. The summed E-state index contributed by atoms with van der Waals surface area (Å²) in [5.41, 5.74) is 0.199. The van der Waals surface area contributed by atoms with Gasteiger partial charge in [-0.3, -0.25) is 0 Å². The first kappa shape index (κ1) is 10.8. The fraction of sp³-hybridized carbons (Fsp3) is 0.200. The lowest BCUT2D eigenvalue weighted by Crippen LogP contribution is -2.04. The molecule has 74 valence electrons. The molecule has 0 aliphatic rings. The zero-order valence-corrected chi connectivity index (χ0v) is 8.32. The lowest BCUT2D eigenvalue weighted by molar-refractivity contribution is 0.471. The minimum absolute atomic E-state index is 0.0289. The second kappa shape index (κ2) is 4.85. The number of aromatic hydroxyl groups is 1.